The number of amides is 2. The van der Waals surface area contributed by atoms with E-state index in [0.29, 0.717) is 0 Å². The Morgan fingerprint density at radius 3 is 2.50 bits per heavy atom. The summed E-state index contributed by atoms with van der Waals surface area (Å²) in [7, 11) is 0. The number of phenols is 2. The fourth-order valence-electron chi connectivity index (χ4n) is 2.79. The largest absolute Gasteiger partial charge is 0.504 e. The molecule has 1 aliphatic heterocycles. The van der Waals surface area contributed by atoms with Crippen molar-refractivity contribution >= 4 is 35.1 Å². The molecule has 1 unspecified atom stereocenters. The van der Waals surface area contributed by atoms with Crippen LogP contribution in [-0.2, 0) is 20.7 Å². The number of carbonyl (C=O) groups excluding carboxylic acids is 2. The molecule has 0 aromatic heterocycles. The molecule has 0 spiro atoms. The maximum Gasteiger partial charge on any atom is 0.328 e. The first-order chi connectivity index (χ1) is 13.0. The Morgan fingerprint density at radius 2 is 2.04 bits per heavy atom. The van der Waals surface area contributed by atoms with E-state index in [1.807, 2.05) is 5.43 Å². The van der Waals surface area contributed by atoms with E-state index in [2.05, 4.69) is 5.10 Å². The molecule has 0 radical (unpaired) electrons. The Hall–Kier alpha value is -2.99. The van der Waals surface area contributed by atoms with Crippen LogP contribution in [0.5, 0.6) is 11.5 Å². The zero-order valence-corrected chi connectivity index (χ0v) is 15.7. The van der Waals surface area contributed by atoms with Crippen molar-refractivity contribution in [3.05, 3.63) is 23.8 Å². The Morgan fingerprint density at radius 1 is 1.39 bits per heavy atom. The first-order valence-electron chi connectivity index (χ1n) is 8.00. The van der Waals surface area contributed by atoms with E-state index in [-0.39, 0.29) is 12.0 Å². The predicted molar refractivity (Wildman–Crippen MR) is 97.3 cm³/mol. The molecular weight excluding hydrogens is 394 g/mol. The maximum atomic E-state index is 12.0. The van der Waals surface area contributed by atoms with E-state index in [4.69, 9.17) is 0 Å². The second-order valence-electron chi connectivity index (χ2n) is 6.43. The maximum absolute atomic E-state index is 12.0. The van der Waals surface area contributed by atoms with E-state index in [1.165, 1.54) is 6.07 Å². The lowest BCUT2D eigenvalue weighted by atomic mass is 9.92. The van der Waals surface area contributed by atoms with E-state index in [0.717, 1.165) is 30.2 Å². The van der Waals surface area contributed by atoms with Gasteiger partial charge >= 0.3 is 5.97 Å². The van der Waals surface area contributed by atoms with Gasteiger partial charge in [-0.2, -0.15) is 5.10 Å². The van der Waals surface area contributed by atoms with Gasteiger partial charge in [0.05, 0.1) is 0 Å². The molecule has 12 heteroatoms. The zero-order valence-electron chi connectivity index (χ0n) is 14.9. The lowest BCUT2D eigenvalue weighted by molar-refractivity contribution is -0.161. The smallest absolute Gasteiger partial charge is 0.328 e. The third-order valence-corrected chi connectivity index (χ3v) is 5.47. The van der Waals surface area contributed by atoms with E-state index < -0.39 is 57.2 Å². The number of nitrogens with zero attached hydrogens (tertiary/aromatic N) is 2. The van der Waals surface area contributed by atoms with Gasteiger partial charge in [0.25, 0.3) is 5.91 Å². The van der Waals surface area contributed by atoms with Crippen LogP contribution in [0.15, 0.2) is 23.3 Å². The molecule has 5 N–H and O–H groups in total. The average Bonchev–Trinajstić information content (AvgIpc) is 2.61. The molecule has 1 heterocycles. The number of carbonyl (C=O) groups is 3. The van der Waals surface area contributed by atoms with Crippen LogP contribution in [0.3, 0.4) is 0 Å². The Labute approximate surface area is 161 Å². The van der Waals surface area contributed by atoms with E-state index in [9.17, 15) is 38.5 Å². The zero-order chi connectivity index (χ0) is 21.2. The Bertz CT molecular complexity index is 873. The topological polar surface area (TPSA) is 177 Å². The highest BCUT2D eigenvalue weighted by atomic mass is 32.2. The third kappa shape index (κ3) is 3.97. The fourth-order valence-corrected chi connectivity index (χ4v) is 3.34. The number of β-lactam (4-membered cyclic amide) rings is 1. The fraction of sp³-hybridized carbons (Fsp3) is 0.375. The Kier molecular flexibility index (Phi) is 6.04. The van der Waals surface area contributed by atoms with Gasteiger partial charge in [0, 0.05) is 24.2 Å². The summed E-state index contributed by atoms with van der Waals surface area (Å²) in [6, 6.07) is 1.15. The van der Waals surface area contributed by atoms with Crippen molar-refractivity contribution in [3.8, 4) is 11.5 Å². The summed E-state index contributed by atoms with van der Waals surface area (Å²) in [5, 5.41) is 31.8. The molecule has 2 amide bonds. The number of carboxylic acid groups (broad SMARTS) is 1. The number of hydrogen-bond acceptors (Lipinski definition) is 7. The molecular formula is C16H19N3O8S. The molecule has 0 bridgehead atoms. The van der Waals surface area contributed by atoms with Gasteiger partial charge in [0.15, 0.2) is 28.6 Å². The number of likely N-dealkylation sites (tertiary alicyclic amines) is 1. The quantitative estimate of drug-likeness (QED) is 0.135. The minimum atomic E-state index is -2.75. The number of benzene rings is 1. The number of phenolic OH excluding ortho intramolecular Hbond substituents is 2. The van der Waals surface area contributed by atoms with Gasteiger partial charge in [-0.1, -0.05) is 0 Å². The van der Waals surface area contributed by atoms with Gasteiger partial charge in [-0.25, -0.2) is 14.4 Å². The molecule has 4 atom stereocenters. The molecule has 1 saturated heterocycles. The van der Waals surface area contributed by atoms with Crippen molar-refractivity contribution in [2.45, 2.75) is 37.1 Å². The van der Waals surface area contributed by atoms with Crippen LogP contribution in [0.2, 0.25) is 0 Å². The molecule has 1 fully saturated rings. The molecule has 152 valence electrons. The second kappa shape index (κ2) is 7.94. The summed E-state index contributed by atoms with van der Waals surface area (Å²) in [5.41, 5.74) is 1.97. The summed E-state index contributed by atoms with van der Waals surface area (Å²) in [5.74, 6) is -3.76. The Balaban J connectivity index is 2.25. The number of nitrogens with one attached hydrogen (secondary N) is 1. The van der Waals surface area contributed by atoms with Crippen LogP contribution in [0.4, 0.5) is 0 Å². The van der Waals surface area contributed by atoms with Crippen LogP contribution >= 0.6 is 0 Å². The number of hydrogen-bond donors (Lipinski definition) is 5. The first-order valence-corrected chi connectivity index (χ1v) is 9.11. The average molecular weight is 413 g/mol. The van der Waals surface area contributed by atoms with Gasteiger partial charge < -0.3 is 24.8 Å². The number of hydrazone groups is 1. The number of aromatic hydroxyl groups is 2. The van der Waals surface area contributed by atoms with Crippen LogP contribution in [0, 0.1) is 0 Å². The number of rotatable bonds is 7. The lowest BCUT2D eigenvalue weighted by Crippen LogP contribution is -2.67. The van der Waals surface area contributed by atoms with Crippen molar-refractivity contribution in [2.24, 2.45) is 5.10 Å². The molecule has 11 nitrogen and oxygen atoms in total. The highest BCUT2D eigenvalue weighted by molar-refractivity contribution is 7.81. The molecule has 2 rings (SSSR count). The van der Waals surface area contributed by atoms with Gasteiger partial charge in [-0.3, -0.25) is 9.59 Å². The highest BCUT2D eigenvalue weighted by Gasteiger charge is 2.53. The summed E-state index contributed by atoms with van der Waals surface area (Å²) in [6.07, 6.45) is 0.911. The summed E-state index contributed by atoms with van der Waals surface area (Å²) in [4.78, 5) is 36.6. The predicted octanol–water partition coefficient (Wildman–Crippen LogP) is -0.132. The molecule has 0 aliphatic carbocycles. The first kappa shape index (κ1) is 21.3. The van der Waals surface area contributed by atoms with Gasteiger partial charge in [-0.05, 0) is 32.0 Å². The minimum Gasteiger partial charge on any atom is -0.504 e. The minimum absolute atomic E-state index is 0.0689. The van der Waals surface area contributed by atoms with Gasteiger partial charge in [0.2, 0.25) is 5.91 Å². The monoisotopic (exact) mass is 413 g/mol. The molecule has 0 saturated carbocycles. The van der Waals surface area contributed by atoms with Gasteiger partial charge in [-0.15, -0.1) is 0 Å². The number of aliphatic carboxylic acids is 1. The van der Waals surface area contributed by atoms with Crippen molar-refractivity contribution in [2.75, 3.05) is 0 Å². The van der Waals surface area contributed by atoms with Gasteiger partial charge in [0.1, 0.15) is 4.75 Å². The van der Waals surface area contributed by atoms with Crippen LogP contribution in [-0.4, -0.2) is 69.8 Å². The summed E-state index contributed by atoms with van der Waals surface area (Å²) in [6.45, 7) is 2.73. The molecule has 1 aromatic rings. The molecule has 1 aliphatic rings. The third-order valence-electron chi connectivity index (χ3n) is 4.39. The normalized spacial score (nSPS) is 20.9. The van der Waals surface area contributed by atoms with E-state index in [1.54, 1.807) is 6.92 Å². The van der Waals surface area contributed by atoms with Crippen molar-refractivity contribution in [3.63, 3.8) is 0 Å². The van der Waals surface area contributed by atoms with Crippen LogP contribution < -0.4 is 5.43 Å². The SMILES string of the molecule is C[C@@H]1CC(=O)N1[C@@H](C(=O)O)[C@](C)(/C=N/NC(=O)c1ccc(O)c(O)c1)S(=O)O. The van der Waals surface area contributed by atoms with Crippen molar-refractivity contribution in [1.29, 1.82) is 0 Å². The summed E-state index contributed by atoms with van der Waals surface area (Å²) < 4.78 is 19.6. The number of carboxylic acids is 1. The second-order valence-corrected chi connectivity index (χ2v) is 7.81. The van der Waals surface area contributed by atoms with Crippen LogP contribution in [0.1, 0.15) is 30.6 Å². The standard InChI is InChI=1S/C16H19N3O8S/c1-8-5-12(22)19(8)13(15(24)25)16(2,28(26)27)7-17-18-14(23)9-3-4-10(20)11(21)6-9/h3-4,6-8,13,20-21H,5H2,1-2H3,(H,18,23)(H,24,25)(H,26,27)/b17-7+/t8-,13+,16+/m1/s1. The van der Waals surface area contributed by atoms with Crippen LogP contribution in [0.25, 0.3) is 0 Å². The lowest BCUT2D eigenvalue weighted by Gasteiger charge is -2.46. The molecule has 1 aromatic carbocycles. The van der Waals surface area contributed by atoms with Crippen molar-refractivity contribution in [1.82, 2.24) is 10.3 Å². The summed E-state index contributed by atoms with van der Waals surface area (Å²) >= 11 is -2.75. The highest BCUT2D eigenvalue weighted by Crippen LogP contribution is 2.30. The molecule has 28 heavy (non-hydrogen) atoms. The van der Waals surface area contributed by atoms with E-state index >= 15 is 0 Å². The van der Waals surface area contributed by atoms with Crippen molar-refractivity contribution < 1.29 is 38.5 Å².